The number of aryl methyl sites for hydroxylation is 1. The molecule has 0 saturated carbocycles. The molecule has 0 spiro atoms. The highest BCUT2D eigenvalue weighted by atomic mass is 32.1. The fourth-order valence-corrected chi connectivity index (χ4v) is 2.46. The van der Waals surface area contributed by atoms with E-state index in [0.29, 0.717) is 21.9 Å². The van der Waals surface area contributed by atoms with E-state index in [9.17, 15) is 9.59 Å². The summed E-state index contributed by atoms with van der Waals surface area (Å²) in [5.41, 5.74) is 1.91. The number of fused-ring (bicyclic) bond motifs is 1. The van der Waals surface area contributed by atoms with Crippen molar-refractivity contribution in [3.8, 4) is 0 Å². The van der Waals surface area contributed by atoms with Crippen LogP contribution in [0.1, 0.15) is 5.82 Å². The second-order valence-corrected chi connectivity index (χ2v) is 5.19. The molecule has 0 fully saturated rings. The summed E-state index contributed by atoms with van der Waals surface area (Å²) in [4.78, 5) is 28.7. The van der Waals surface area contributed by atoms with Gasteiger partial charge in [0, 0.05) is 0 Å². The van der Waals surface area contributed by atoms with Crippen LogP contribution in [0, 0.1) is 6.92 Å². The summed E-state index contributed by atoms with van der Waals surface area (Å²) < 4.78 is 1.35. The van der Waals surface area contributed by atoms with Crippen LogP contribution >= 0.6 is 11.3 Å². The predicted molar refractivity (Wildman–Crippen MR) is 79.3 cm³/mol. The number of benzene rings is 1. The maximum atomic E-state index is 12.4. The van der Waals surface area contributed by atoms with E-state index in [0.717, 1.165) is 0 Å². The van der Waals surface area contributed by atoms with E-state index in [2.05, 4.69) is 20.5 Å². The summed E-state index contributed by atoms with van der Waals surface area (Å²) in [7, 11) is 0. The largest absolute Gasteiger partial charge is 0.299 e. The van der Waals surface area contributed by atoms with Crippen molar-refractivity contribution in [2.75, 3.05) is 5.32 Å². The summed E-state index contributed by atoms with van der Waals surface area (Å²) in [5, 5.41) is 10.8. The van der Waals surface area contributed by atoms with Crippen LogP contribution in [0.4, 0.5) is 5.13 Å². The quantitative estimate of drug-likeness (QED) is 0.785. The molecule has 0 bridgehead atoms. The van der Waals surface area contributed by atoms with E-state index in [1.807, 2.05) is 6.07 Å². The van der Waals surface area contributed by atoms with Gasteiger partial charge in [-0.25, -0.2) is 4.98 Å². The molecule has 0 radical (unpaired) electrons. The minimum atomic E-state index is -0.339. The van der Waals surface area contributed by atoms with Gasteiger partial charge in [-0.1, -0.05) is 23.5 Å². The van der Waals surface area contributed by atoms with Gasteiger partial charge in [0.05, 0.1) is 10.9 Å². The number of hydrogen-bond acceptors (Lipinski definition) is 6. The summed E-state index contributed by atoms with van der Waals surface area (Å²) in [6.45, 7) is 1.59. The van der Waals surface area contributed by atoms with E-state index in [1.165, 1.54) is 21.4 Å². The Hall–Kier alpha value is -2.61. The average molecular weight is 301 g/mol. The van der Waals surface area contributed by atoms with Crippen molar-refractivity contribution in [2.45, 2.75) is 13.5 Å². The van der Waals surface area contributed by atoms with Crippen LogP contribution in [0.15, 0.2) is 34.6 Å². The van der Waals surface area contributed by atoms with Gasteiger partial charge in [-0.15, -0.1) is 10.2 Å². The van der Waals surface area contributed by atoms with Crippen LogP contribution < -0.4 is 10.9 Å². The molecule has 0 aliphatic heterocycles. The Labute approximate surface area is 123 Å². The number of anilines is 1. The lowest BCUT2D eigenvalue weighted by Gasteiger charge is -2.09. The Morgan fingerprint density at radius 1 is 1.38 bits per heavy atom. The van der Waals surface area contributed by atoms with E-state index in [1.54, 1.807) is 25.1 Å². The Kier molecular flexibility index (Phi) is 3.44. The molecule has 3 rings (SSSR count). The number of carbonyl (C=O) groups is 1. The maximum Gasteiger partial charge on any atom is 0.261 e. The average Bonchev–Trinajstić information content (AvgIpc) is 2.96. The number of para-hydroxylation sites is 1. The van der Waals surface area contributed by atoms with Gasteiger partial charge in [0.2, 0.25) is 11.0 Å². The highest BCUT2D eigenvalue weighted by Crippen LogP contribution is 2.09. The highest BCUT2D eigenvalue weighted by molar-refractivity contribution is 7.13. The lowest BCUT2D eigenvalue weighted by atomic mass is 10.2. The molecule has 106 valence electrons. The summed E-state index contributed by atoms with van der Waals surface area (Å²) in [6.07, 6.45) is 0. The maximum absolute atomic E-state index is 12.4. The second-order valence-electron chi connectivity index (χ2n) is 4.36. The third kappa shape index (κ3) is 2.65. The number of nitrogens with one attached hydrogen (secondary N) is 1. The molecule has 2 aromatic heterocycles. The zero-order chi connectivity index (χ0) is 14.8. The van der Waals surface area contributed by atoms with E-state index < -0.39 is 0 Å². The molecule has 0 unspecified atom stereocenters. The minimum Gasteiger partial charge on any atom is -0.299 e. The third-order valence-electron chi connectivity index (χ3n) is 2.96. The van der Waals surface area contributed by atoms with Crippen molar-refractivity contribution < 1.29 is 4.79 Å². The van der Waals surface area contributed by atoms with Gasteiger partial charge in [0.1, 0.15) is 17.9 Å². The van der Waals surface area contributed by atoms with Crippen molar-refractivity contribution in [1.82, 2.24) is 19.7 Å². The van der Waals surface area contributed by atoms with Gasteiger partial charge in [0.25, 0.3) is 5.56 Å². The molecule has 1 amide bonds. The van der Waals surface area contributed by atoms with Crippen LogP contribution in [0.25, 0.3) is 10.9 Å². The Morgan fingerprint density at radius 2 is 2.19 bits per heavy atom. The van der Waals surface area contributed by atoms with Gasteiger partial charge >= 0.3 is 0 Å². The van der Waals surface area contributed by atoms with Gasteiger partial charge < -0.3 is 0 Å². The van der Waals surface area contributed by atoms with E-state index >= 15 is 0 Å². The van der Waals surface area contributed by atoms with E-state index in [-0.39, 0.29) is 18.0 Å². The molecule has 0 aliphatic carbocycles. The summed E-state index contributed by atoms with van der Waals surface area (Å²) in [6, 6.07) is 7.06. The van der Waals surface area contributed by atoms with Crippen molar-refractivity contribution in [3.63, 3.8) is 0 Å². The molecule has 2 heterocycles. The van der Waals surface area contributed by atoms with Gasteiger partial charge in [-0.2, -0.15) is 0 Å². The normalized spacial score (nSPS) is 10.7. The first-order valence-electron chi connectivity index (χ1n) is 6.17. The first-order chi connectivity index (χ1) is 10.1. The molecule has 3 aromatic rings. The first-order valence-corrected chi connectivity index (χ1v) is 7.05. The smallest absolute Gasteiger partial charge is 0.261 e. The topological polar surface area (TPSA) is 89.8 Å². The van der Waals surface area contributed by atoms with Gasteiger partial charge in [0.15, 0.2) is 0 Å². The Morgan fingerprint density at radius 3 is 2.95 bits per heavy atom. The zero-order valence-electron chi connectivity index (χ0n) is 11.1. The summed E-state index contributed by atoms with van der Waals surface area (Å²) in [5.74, 6) is 0.153. The monoisotopic (exact) mass is 301 g/mol. The number of hydrogen-bond donors (Lipinski definition) is 1. The van der Waals surface area contributed by atoms with Gasteiger partial charge in [-0.05, 0) is 19.1 Å². The molecule has 0 aliphatic rings. The Bertz CT molecular complexity index is 857. The van der Waals surface area contributed by atoms with Crippen molar-refractivity contribution >= 4 is 33.3 Å². The molecule has 8 heteroatoms. The fraction of sp³-hybridized carbons (Fsp3) is 0.154. The molecule has 0 saturated heterocycles. The highest BCUT2D eigenvalue weighted by Gasteiger charge is 2.12. The predicted octanol–water partition coefficient (Wildman–Crippen LogP) is 1.20. The van der Waals surface area contributed by atoms with Crippen LogP contribution in [0.5, 0.6) is 0 Å². The molecular weight excluding hydrogens is 290 g/mol. The number of amides is 1. The second kappa shape index (κ2) is 5.41. The molecule has 1 aromatic carbocycles. The standard InChI is InChI=1S/C13H11N5O2S/c1-8-15-10-5-3-2-4-9(10)12(20)18(8)6-11(19)16-13-17-14-7-21-13/h2-5,7H,6H2,1H3,(H,16,17,19). The van der Waals surface area contributed by atoms with Crippen LogP contribution in [-0.4, -0.2) is 25.7 Å². The van der Waals surface area contributed by atoms with Crippen LogP contribution in [-0.2, 0) is 11.3 Å². The number of aromatic nitrogens is 4. The fourth-order valence-electron chi connectivity index (χ4n) is 2.00. The lowest BCUT2D eigenvalue weighted by molar-refractivity contribution is -0.116. The number of carbonyl (C=O) groups excluding carboxylic acids is 1. The zero-order valence-corrected chi connectivity index (χ0v) is 11.9. The SMILES string of the molecule is Cc1nc2ccccc2c(=O)n1CC(=O)Nc1nncs1. The Balaban J connectivity index is 1.93. The number of rotatable bonds is 3. The molecule has 1 N–H and O–H groups in total. The first kappa shape index (κ1) is 13.4. The van der Waals surface area contributed by atoms with E-state index in [4.69, 9.17) is 0 Å². The number of nitrogens with zero attached hydrogens (tertiary/aromatic N) is 4. The molecule has 7 nitrogen and oxygen atoms in total. The molecular formula is C13H11N5O2S. The molecule has 21 heavy (non-hydrogen) atoms. The van der Waals surface area contributed by atoms with Crippen molar-refractivity contribution in [2.24, 2.45) is 0 Å². The van der Waals surface area contributed by atoms with Crippen molar-refractivity contribution in [3.05, 3.63) is 46.0 Å². The third-order valence-corrected chi connectivity index (χ3v) is 3.57. The van der Waals surface area contributed by atoms with Crippen LogP contribution in [0.2, 0.25) is 0 Å². The molecule has 0 atom stereocenters. The van der Waals surface area contributed by atoms with Crippen molar-refractivity contribution in [1.29, 1.82) is 0 Å². The van der Waals surface area contributed by atoms with Crippen LogP contribution in [0.3, 0.4) is 0 Å². The lowest BCUT2D eigenvalue weighted by Crippen LogP contribution is -2.30. The minimum absolute atomic E-state index is 0.109. The van der Waals surface area contributed by atoms with Gasteiger partial charge in [-0.3, -0.25) is 19.5 Å². The summed E-state index contributed by atoms with van der Waals surface area (Å²) >= 11 is 1.22.